The Balaban J connectivity index is 1.61. The Labute approximate surface area is 238 Å². The second-order valence-electron chi connectivity index (χ2n) is 9.88. The van der Waals surface area contributed by atoms with Crippen LogP contribution in [0.15, 0.2) is 65.6 Å². The molecule has 222 valence electrons. The first-order chi connectivity index (χ1) is 19.9. The fourth-order valence-electron chi connectivity index (χ4n) is 5.33. The molecule has 1 atom stereocenters. The Bertz CT molecular complexity index is 1630. The van der Waals surface area contributed by atoms with Gasteiger partial charge in [0.25, 0.3) is 10.0 Å². The third-order valence-electron chi connectivity index (χ3n) is 7.22. The van der Waals surface area contributed by atoms with Crippen molar-refractivity contribution >= 4 is 21.4 Å². The molecule has 14 heteroatoms. The van der Waals surface area contributed by atoms with Crippen molar-refractivity contribution in [3.05, 3.63) is 72.0 Å². The highest BCUT2D eigenvalue weighted by Gasteiger charge is 2.41. The summed E-state index contributed by atoms with van der Waals surface area (Å²) in [5.41, 5.74) is -0.0722. The highest BCUT2D eigenvalue weighted by atomic mass is 32.2. The van der Waals surface area contributed by atoms with Gasteiger partial charge in [0.05, 0.1) is 40.5 Å². The largest absolute Gasteiger partial charge is 0.435 e. The van der Waals surface area contributed by atoms with Crippen molar-refractivity contribution in [2.45, 2.75) is 30.1 Å². The van der Waals surface area contributed by atoms with E-state index >= 15 is 0 Å². The fourth-order valence-corrected chi connectivity index (χ4v) is 6.88. The van der Waals surface area contributed by atoms with Gasteiger partial charge in [-0.15, -0.1) is 0 Å². The maximum atomic E-state index is 14.3. The molecule has 0 aromatic heterocycles. The minimum Gasteiger partial charge on any atom is -0.435 e. The van der Waals surface area contributed by atoms with Crippen LogP contribution in [0.3, 0.4) is 0 Å². The SMILES string of the molecule is N#CCCN1CCN2c3ccc(-c4cc(F)cc(OC(F)F)c4)cc3N(S(=O)(=O)c3cccc(C(F)(F)F)c3)CC2C1. The normalized spacial score (nSPS) is 17.5. The predicted octanol–water partition coefficient (Wildman–Crippen LogP) is 5.73. The van der Waals surface area contributed by atoms with Crippen LogP contribution >= 0.6 is 0 Å². The van der Waals surface area contributed by atoms with E-state index in [1.54, 1.807) is 12.1 Å². The number of alkyl halides is 5. The lowest BCUT2D eigenvalue weighted by Crippen LogP contribution is -2.60. The fraction of sp³-hybridized carbons (Fsp3) is 0.321. The number of hydrogen-bond acceptors (Lipinski definition) is 6. The molecule has 2 aliphatic rings. The smallest absolute Gasteiger partial charge is 0.416 e. The number of piperazine rings is 1. The number of sulfonamides is 1. The summed E-state index contributed by atoms with van der Waals surface area (Å²) in [6, 6.07) is 12.9. The van der Waals surface area contributed by atoms with Crippen molar-refractivity contribution < 1.29 is 39.5 Å². The molecule has 3 aromatic carbocycles. The maximum Gasteiger partial charge on any atom is 0.416 e. The van der Waals surface area contributed by atoms with Gasteiger partial charge in [0.15, 0.2) is 0 Å². The van der Waals surface area contributed by atoms with E-state index in [4.69, 9.17) is 5.26 Å². The van der Waals surface area contributed by atoms with E-state index in [1.807, 2.05) is 9.80 Å². The summed E-state index contributed by atoms with van der Waals surface area (Å²) in [5, 5.41) is 8.99. The highest BCUT2D eigenvalue weighted by Crippen LogP contribution is 2.43. The Morgan fingerprint density at radius 1 is 0.976 bits per heavy atom. The summed E-state index contributed by atoms with van der Waals surface area (Å²) < 4.78 is 114. The van der Waals surface area contributed by atoms with E-state index in [9.17, 15) is 34.8 Å². The van der Waals surface area contributed by atoms with Crippen LogP contribution in [-0.2, 0) is 16.2 Å². The van der Waals surface area contributed by atoms with Gasteiger partial charge < -0.3 is 9.64 Å². The molecule has 3 aromatic rings. The van der Waals surface area contributed by atoms with Crippen LogP contribution in [0.25, 0.3) is 11.1 Å². The number of rotatable bonds is 7. The first kappa shape index (κ1) is 29.5. The van der Waals surface area contributed by atoms with E-state index in [2.05, 4.69) is 10.8 Å². The Hall–Kier alpha value is -3.96. The molecule has 0 saturated carbocycles. The van der Waals surface area contributed by atoms with Gasteiger partial charge in [0.1, 0.15) is 11.6 Å². The van der Waals surface area contributed by atoms with Crippen LogP contribution in [0, 0.1) is 17.1 Å². The van der Waals surface area contributed by atoms with Crippen molar-refractivity contribution in [2.24, 2.45) is 0 Å². The minimum absolute atomic E-state index is 0.110. The third-order valence-corrected chi connectivity index (χ3v) is 8.99. The number of hydrogen-bond donors (Lipinski definition) is 0. The van der Waals surface area contributed by atoms with E-state index in [0.717, 1.165) is 34.6 Å². The Morgan fingerprint density at radius 2 is 1.76 bits per heavy atom. The summed E-state index contributed by atoms with van der Waals surface area (Å²) in [6.07, 6.45) is -4.49. The molecule has 7 nitrogen and oxygen atoms in total. The van der Waals surface area contributed by atoms with Crippen molar-refractivity contribution in [1.82, 2.24) is 4.90 Å². The molecule has 0 radical (unpaired) electrons. The number of ether oxygens (including phenoxy) is 1. The summed E-state index contributed by atoms with van der Waals surface area (Å²) in [6.45, 7) is -1.32. The minimum atomic E-state index is -4.77. The van der Waals surface area contributed by atoms with Gasteiger partial charge in [0, 0.05) is 38.7 Å². The maximum absolute atomic E-state index is 14.3. The zero-order valence-corrected chi connectivity index (χ0v) is 22.7. The zero-order valence-electron chi connectivity index (χ0n) is 21.9. The van der Waals surface area contributed by atoms with Gasteiger partial charge in [-0.2, -0.15) is 27.2 Å². The van der Waals surface area contributed by atoms with Crippen molar-refractivity contribution in [1.29, 1.82) is 5.26 Å². The predicted molar refractivity (Wildman–Crippen MR) is 142 cm³/mol. The second-order valence-corrected chi connectivity index (χ2v) is 11.7. The number of benzene rings is 3. The lowest BCUT2D eigenvalue weighted by molar-refractivity contribution is -0.137. The standard InChI is InChI=1S/C28H24F6N4O3S/c29-21-11-19(12-23(15-21)41-27(30)31)18-5-6-25-26(13-18)38(17-22-16-36(8-2-7-35)9-10-37(22)25)42(39,40)24-4-1-3-20(14-24)28(32,33)34/h1,3-6,11-15,22,27H,2,8-10,16-17H2. The van der Waals surface area contributed by atoms with Crippen LogP contribution in [0.1, 0.15) is 12.0 Å². The molecule has 0 bridgehead atoms. The Kier molecular flexibility index (Phi) is 8.00. The second kappa shape index (κ2) is 11.4. The highest BCUT2D eigenvalue weighted by molar-refractivity contribution is 7.92. The zero-order chi connectivity index (χ0) is 30.2. The van der Waals surface area contributed by atoms with E-state index < -0.39 is 44.8 Å². The topological polar surface area (TPSA) is 76.9 Å². The molecule has 0 amide bonds. The third kappa shape index (κ3) is 5.98. The van der Waals surface area contributed by atoms with Crippen molar-refractivity contribution in [3.8, 4) is 22.9 Å². The van der Waals surface area contributed by atoms with E-state index in [0.29, 0.717) is 37.9 Å². The molecule has 1 unspecified atom stereocenters. The summed E-state index contributed by atoms with van der Waals surface area (Å²) >= 11 is 0. The summed E-state index contributed by atoms with van der Waals surface area (Å²) in [5.74, 6) is -1.29. The molecule has 42 heavy (non-hydrogen) atoms. The summed E-state index contributed by atoms with van der Waals surface area (Å²) in [4.78, 5) is 3.46. The number of fused-ring (bicyclic) bond motifs is 3. The number of anilines is 2. The Morgan fingerprint density at radius 3 is 2.48 bits per heavy atom. The lowest BCUT2D eigenvalue weighted by Gasteiger charge is -2.49. The monoisotopic (exact) mass is 610 g/mol. The molecular weight excluding hydrogens is 586 g/mol. The average molecular weight is 611 g/mol. The van der Waals surface area contributed by atoms with Crippen LogP contribution in [-0.4, -0.2) is 58.7 Å². The number of nitrogens with zero attached hydrogens (tertiary/aromatic N) is 4. The molecule has 2 aliphatic heterocycles. The molecule has 0 N–H and O–H groups in total. The first-order valence-electron chi connectivity index (χ1n) is 12.8. The van der Waals surface area contributed by atoms with Gasteiger partial charge in [-0.25, -0.2) is 12.8 Å². The van der Waals surface area contributed by atoms with Gasteiger partial charge in [-0.1, -0.05) is 12.1 Å². The van der Waals surface area contributed by atoms with Crippen LogP contribution < -0.4 is 13.9 Å². The first-order valence-corrected chi connectivity index (χ1v) is 14.3. The van der Waals surface area contributed by atoms with E-state index in [-0.39, 0.29) is 35.8 Å². The summed E-state index contributed by atoms with van der Waals surface area (Å²) in [7, 11) is -4.54. The van der Waals surface area contributed by atoms with Crippen LogP contribution in [0.2, 0.25) is 0 Å². The lowest BCUT2D eigenvalue weighted by atomic mass is 10.00. The number of halogens is 6. The van der Waals surface area contributed by atoms with Gasteiger partial charge in [-0.05, 0) is 53.6 Å². The quantitative estimate of drug-likeness (QED) is 0.319. The van der Waals surface area contributed by atoms with Gasteiger partial charge in [0.2, 0.25) is 0 Å². The molecule has 2 heterocycles. The molecule has 1 fully saturated rings. The van der Waals surface area contributed by atoms with Crippen LogP contribution in [0.5, 0.6) is 5.75 Å². The average Bonchev–Trinajstić information content (AvgIpc) is 2.94. The molecule has 5 rings (SSSR count). The van der Waals surface area contributed by atoms with E-state index in [1.165, 1.54) is 12.1 Å². The van der Waals surface area contributed by atoms with Crippen molar-refractivity contribution in [2.75, 3.05) is 41.9 Å². The molecule has 1 saturated heterocycles. The van der Waals surface area contributed by atoms with Gasteiger partial charge >= 0.3 is 12.8 Å². The molecular formula is C28H24F6N4O3S. The number of nitriles is 1. The molecule has 0 spiro atoms. The molecule has 0 aliphatic carbocycles. The van der Waals surface area contributed by atoms with Crippen molar-refractivity contribution in [3.63, 3.8) is 0 Å². The van der Waals surface area contributed by atoms with Gasteiger partial charge in [-0.3, -0.25) is 9.21 Å². The van der Waals surface area contributed by atoms with Crippen LogP contribution in [0.4, 0.5) is 37.7 Å².